The van der Waals surface area contributed by atoms with Crippen LogP contribution in [0.15, 0.2) is 64.1 Å². The van der Waals surface area contributed by atoms with E-state index in [-0.39, 0.29) is 11.4 Å². The molecule has 0 unspecified atom stereocenters. The summed E-state index contributed by atoms with van der Waals surface area (Å²) in [6, 6.07) is 10.2. The molecule has 1 N–H and O–H groups in total. The summed E-state index contributed by atoms with van der Waals surface area (Å²) in [6.45, 7) is -0.380. The largest absolute Gasteiger partial charge is 0.465 e. The number of thioether (sulfide) groups is 1. The van der Waals surface area contributed by atoms with Gasteiger partial charge in [0, 0.05) is 0 Å². The fourth-order valence-corrected chi connectivity index (χ4v) is 3.14. The smallest absolute Gasteiger partial charge is 0.294 e. The van der Waals surface area contributed by atoms with Crippen molar-refractivity contribution < 1.29 is 18.8 Å². The molecule has 0 bridgehead atoms. The molecule has 0 atom stereocenters. The van der Waals surface area contributed by atoms with Crippen molar-refractivity contribution in [3.63, 3.8) is 0 Å². The number of amides is 3. The van der Waals surface area contributed by atoms with Gasteiger partial charge in [0.2, 0.25) is 5.91 Å². The molecule has 1 aliphatic rings. The number of imide groups is 1. The molecule has 0 spiro atoms. The zero-order chi connectivity index (χ0) is 18.5. The Morgan fingerprint density at radius 3 is 2.77 bits per heavy atom. The molecule has 0 saturated carbocycles. The van der Waals surface area contributed by atoms with E-state index in [1.807, 2.05) is 0 Å². The number of allylic oxidation sites excluding steroid dienone is 2. The number of carbonyl (C=O) groups is 3. The minimum atomic E-state index is -0.515. The fraction of sp³-hybridized carbons (Fsp3) is 0.0556. The Kier molecular flexibility index (Phi) is 5.60. The van der Waals surface area contributed by atoms with Crippen molar-refractivity contribution in [2.75, 3.05) is 11.9 Å². The van der Waals surface area contributed by atoms with Gasteiger partial charge in [0.25, 0.3) is 11.1 Å². The molecule has 1 fully saturated rings. The molecule has 1 aromatic heterocycles. The quantitative estimate of drug-likeness (QED) is 0.778. The lowest BCUT2D eigenvalue weighted by Gasteiger charge is -2.13. The minimum Gasteiger partial charge on any atom is -0.465 e. The van der Waals surface area contributed by atoms with Crippen LogP contribution in [0, 0.1) is 0 Å². The van der Waals surface area contributed by atoms with E-state index in [1.165, 1.54) is 12.3 Å². The van der Waals surface area contributed by atoms with E-state index in [0.29, 0.717) is 16.5 Å². The molecule has 8 heteroatoms. The van der Waals surface area contributed by atoms with Gasteiger partial charge in [-0.05, 0) is 48.2 Å². The maximum atomic E-state index is 12.3. The van der Waals surface area contributed by atoms with Gasteiger partial charge < -0.3 is 9.73 Å². The van der Waals surface area contributed by atoms with Crippen molar-refractivity contribution in [3.8, 4) is 0 Å². The molecule has 1 saturated heterocycles. The Bertz CT molecular complexity index is 906. The number of hydrogen-bond donors (Lipinski definition) is 1. The highest BCUT2D eigenvalue weighted by atomic mass is 35.5. The second-order valence-corrected chi connectivity index (χ2v) is 6.59. The molecule has 132 valence electrons. The van der Waals surface area contributed by atoms with E-state index < -0.39 is 17.1 Å². The van der Waals surface area contributed by atoms with Crippen LogP contribution in [0.1, 0.15) is 5.76 Å². The van der Waals surface area contributed by atoms with Crippen LogP contribution in [0.5, 0.6) is 0 Å². The molecule has 3 amide bonds. The van der Waals surface area contributed by atoms with Gasteiger partial charge in [-0.25, -0.2) is 0 Å². The first-order valence-electron chi connectivity index (χ1n) is 7.54. The number of hydrogen-bond acceptors (Lipinski definition) is 5. The molecular formula is C18H13ClN2O4S. The van der Waals surface area contributed by atoms with Crippen LogP contribution in [0.2, 0.25) is 5.02 Å². The summed E-state index contributed by atoms with van der Waals surface area (Å²) < 4.78 is 5.14. The first-order valence-corrected chi connectivity index (χ1v) is 8.74. The van der Waals surface area contributed by atoms with Gasteiger partial charge >= 0.3 is 0 Å². The monoisotopic (exact) mass is 388 g/mol. The van der Waals surface area contributed by atoms with E-state index in [2.05, 4.69) is 5.32 Å². The third-order valence-corrected chi connectivity index (χ3v) is 4.63. The third-order valence-electron chi connectivity index (χ3n) is 3.37. The normalized spacial score (nSPS) is 16.0. The highest BCUT2D eigenvalue weighted by molar-refractivity contribution is 8.18. The van der Waals surface area contributed by atoms with Crippen molar-refractivity contribution in [1.82, 2.24) is 4.90 Å². The Morgan fingerprint density at radius 2 is 2.04 bits per heavy atom. The van der Waals surface area contributed by atoms with E-state index in [4.69, 9.17) is 16.0 Å². The maximum Gasteiger partial charge on any atom is 0.294 e. The number of benzene rings is 1. The number of carbonyl (C=O) groups excluding carboxylic acids is 3. The summed E-state index contributed by atoms with van der Waals surface area (Å²) in [5.41, 5.74) is 0.420. The van der Waals surface area contributed by atoms with Crippen LogP contribution in [0.25, 0.3) is 6.08 Å². The second-order valence-electron chi connectivity index (χ2n) is 5.19. The highest BCUT2D eigenvalue weighted by Gasteiger charge is 2.36. The van der Waals surface area contributed by atoms with Gasteiger partial charge in [-0.1, -0.05) is 29.8 Å². The lowest BCUT2D eigenvalue weighted by Crippen LogP contribution is -2.36. The van der Waals surface area contributed by atoms with Gasteiger partial charge in [0.15, 0.2) is 0 Å². The van der Waals surface area contributed by atoms with Crippen LogP contribution in [0.4, 0.5) is 10.5 Å². The lowest BCUT2D eigenvalue weighted by atomic mass is 10.3. The SMILES string of the molecule is O=C(CN1C(=O)S/C(=C/C=C/c2ccco2)C1=O)Nc1ccccc1Cl. The number of nitrogens with zero attached hydrogens (tertiary/aromatic N) is 1. The Hall–Kier alpha value is -2.77. The average Bonchev–Trinajstić information content (AvgIpc) is 3.21. The predicted molar refractivity (Wildman–Crippen MR) is 101 cm³/mol. The minimum absolute atomic E-state index is 0.239. The first kappa shape index (κ1) is 18.0. The van der Waals surface area contributed by atoms with Gasteiger partial charge in [-0.3, -0.25) is 19.3 Å². The van der Waals surface area contributed by atoms with Gasteiger partial charge in [-0.15, -0.1) is 0 Å². The molecule has 2 heterocycles. The van der Waals surface area contributed by atoms with E-state index in [0.717, 1.165) is 16.7 Å². The summed E-state index contributed by atoms with van der Waals surface area (Å²) in [4.78, 5) is 37.6. The molecule has 6 nitrogen and oxygen atoms in total. The van der Waals surface area contributed by atoms with Crippen molar-refractivity contribution >= 4 is 52.2 Å². The number of furan rings is 1. The lowest BCUT2D eigenvalue weighted by molar-refractivity contribution is -0.127. The zero-order valence-electron chi connectivity index (χ0n) is 13.3. The molecule has 1 aliphatic heterocycles. The molecule has 1 aromatic carbocycles. The number of para-hydroxylation sites is 1. The average molecular weight is 389 g/mol. The summed E-state index contributed by atoms with van der Waals surface area (Å²) in [6.07, 6.45) is 6.32. The topological polar surface area (TPSA) is 79.6 Å². The number of rotatable bonds is 5. The number of halogens is 1. The molecule has 3 rings (SSSR count). The molecular weight excluding hydrogens is 376 g/mol. The summed E-state index contributed by atoms with van der Waals surface area (Å²) in [5.74, 6) is -0.397. The van der Waals surface area contributed by atoms with Crippen LogP contribution >= 0.6 is 23.4 Å². The molecule has 0 radical (unpaired) electrons. The van der Waals surface area contributed by atoms with E-state index in [9.17, 15) is 14.4 Å². The standard InChI is InChI=1S/C18H13ClN2O4S/c19-13-7-1-2-8-14(13)20-16(22)11-21-17(23)15(26-18(21)24)9-3-5-12-6-4-10-25-12/h1-10H,11H2,(H,20,22)/b5-3+,15-9+. The van der Waals surface area contributed by atoms with Crippen molar-refractivity contribution in [2.24, 2.45) is 0 Å². The second kappa shape index (κ2) is 8.07. The van der Waals surface area contributed by atoms with Crippen molar-refractivity contribution in [3.05, 3.63) is 70.5 Å². The molecule has 26 heavy (non-hydrogen) atoms. The Balaban J connectivity index is 1.63. The molecule has 2 aromatic rings. The van der Waals surface area contributed by atoms with E-state index in [1.54, 1.807) is 48.6 Å². The number of nitrogens with one attached hydrogen (secondary N) is 1. The Morgan fingerprint density at radius 1 is 1.23 bits per heavy atom. The van der Waals surface area contributed by atoms with Crippen LogP contribution in [-0.2, 0) is 9.59 Å². The maximum absolute atomic E-state index is 12.3. The Labute approximate surface area is 158 Å². The summed E-state index contributed by atoms with van der Waals surface area (Å²) in [5, 5.41) is 2.46. The van der Waals surface area contributed by atoms with Gasteiger partial charge in [-0.2, -0.15) is 0 Å². The highest BCUT2D eigenvalue weighted by Crippen LogP contribution is 2.30. The zero-order valence-corrected chi connectivity index (χ0v) is 14.9. The van der Waals surface area contributed by atoms with Gasteiger partial charge in [0.1, 0.15) is 12.3 Å². The van der Waals surface area contributed by atoms with Crippen molar-refractivity contribution in [2.45, 2.75) is 0 Å². The third kappa shape index (κ3) is 4.25. The fourth-order valence-electron chi connectivity index (χ4n) is 2.16. The summed E-state index contributed by atoms with van der Waals surface area (Å²) in [7, 11) is 0. The van der Waals surface area contributed by atoms with Crippen molar-refractivity contribution in [1.29, 1.82) is 0 Å². The van der Waals surface area contributed by atoms with Crippen LogP contribution < -0.4 is 5.32 Å². The number of anilines is 1. The summed E-state index contributed by atoms with van der Waals surface area (Å²) >= 11 is 6.76. The predicted octanol–water partition coefficient (Wildman–Crippen LogP) is 4.16. The van der Waals surface area contributed by atoms with Crippen LogP contribution in [0.3, 0.4) is 0 Å². The van der Waals surface area contributed by atoms with E-state index >= 15 is 0 Å². The van der Waals surface area contributed by atoms with Gasteiger partial charge in [0.05, 0.1) is 21.9 Å². The van der Waals surface area contributed by atoms with Crippen LogP contribution in [-0.4, -0.2) is 28.5 Å². The molecule has 0 aliphatic carbocycles. The first-order chi connectivity index (χ1) is 12.5.